The highest BCUT2D eigenvalue weighted by Crippen LogP contribution is 2.31. The fourth-order valence-corrected chi connectivity index (χ4v) is 2.30. The molecule has 0 heterocycles. The van der Waals surface area contributed by atoms with E-state index < -0.39 is 0 Å². The molecule has 1 aromatic rings. The highest BCUT2D eigenvalue weighted by Gasteiger charge is 2.07. The van der Waals surface area contributed by atoms with E-state index in [1.807, 2.05) is 18.2 Å². The summed E-state index contributed by atoms with van der Waals surface area (Å²) in [4.78, 5) is 0. The summed E-state index contributed by atoms with van der Waals surface area (Å²) in [5, 5.41) is 3.29. The summed E-state index contributed by atoms with van der Waals surface area (Å²) in [5.41, 5.74) is 1.01. The SMILES string of the molecule is C#CC(CC)Nc1c(Br)cccc1Br. The van der Waals surface area contributed by atoms with Crippen LogP contribution in [0.3, 0.4) is 0 Å². The number of nitrogens with one attached hydrogen (secondary N) is 1. The second-order valence-electron chi connectivity index (χ2n) is 2.87. The minimum absolute atomic E-state index is 0.0741. The highest BCUT2D eigenvalue weighted by molar-refractivity contribution is 9.11. The van der Waals surface area contributed by atoms with Crippen LogP contribution < -0.4 is 5.32 Å². The first-order valence-electron chi connectivity index (χ1n) is 4.35. The third kappa shape index (κ3) is 2.76. The molecule has 0 aliphatic heterocycles. The fourth-order valence-electron chi connectivity index (χ4n) is 1.07. The highest BCUT2D eigenvalue weighted by atomic mass is 79.9. The summed E-state index contributed by atoms with van der Waals surface area (Å²) in [5.74, 6) is 2.70. The van der Waals surface area contributed by atoms with E-state index in [2.05, 4.69) is 50.0 Å². The van der Waals surface area contributed by atoms with Gasteiger partial charge in [0.2, 0.25) is 0 Å². The molecule has 0 fully saturated rings. The second-order valence-corrected chi connectivity index (χ2v) is 4.58. The molecule has 1 aromatic carbocycles. The molecule has 1 rings (SSSR count). The Morgan fingerprint density at radius 3 is 2.43 bits per heavy atom. The van der Waals surface area contributed by atoms with Crippen molar-refractivity contribution in [2.45, 2.75) is 19.4 Å². The lowest BCUT2D eigenvalue weighted by atomic mass is 10.2. The van der Waals surface area contributed by atoms with Crippen LogP contribution in [0.4, 0.5) is 5.69 Å². The molecule has 0 aliphatic rings. The van der Waals surface area contributed by atoms with E-state index in [-0.39, 0.29) is 6.04 Å². The lowest BCUT2D eigenvalue weighted by molar-refractivity contribution is 0.856. The Morgan fingerprint density at radius 2 is 2.00 bits per heavy atom. The Labute approximate surface area is 102 Å². The summed E-state index contributed by atoms with van der Waals surface area (Å²) in [6.07, 6.45) is 6.30. The van der Waals surface area contributed by atoms with Gasteiger partial charge in [0.15, 0.2) is 0 Å². The van der Waals surface area contributed by atoms with Gasteiger partial charge in [0.1, 0.15) is 0 Å². The van der Waals surface area contributed by atoms with Crippen LogP contribution in [0.25, 0.3) is 0 Å². The monoisotopic (exact) mass is 315 g/mol. The van der Waals surface area contributed by atoms with Crippen LogP contribution in [-0.4, -0.2) is 6.04 Å². The van der Waals surface area contributed by atoms with Gasteiger partial charge in [-0.05, 0) is 50.4 Å². The molecule has 1 N–H and O–H groups in total. The topological polar surface area (TPSA) is 12.0 Å². The number of anilines is 1. The van der Waals surface area contributed by atoms with E-state index in [9.17, 15) is 0 Å². The number of rotatable bonds is 3. The van der Waals surface area contributed by atoms with Gasteiger partial charge in [-0.25, -0.2) is 0 Å². The van der Waals surface area contributed by atoms with Gasteiger partial charge in [-0.2, -0.15) is 0 Å². The lowest BCUT2D eigenvalue weighted by Gasteiger charge is -2.15. The van der Waals surface area contributed by atoms with Crippen molar-refractivity contribution in [3.63, 3.8) is 0 Å². The zero-order valence-electron chi connectivity index (χ0n) is 7.85. The Balaban J connectivity index is 2.91. The van der Waals surface area contributed by atoms with Gasteiger partial charge in [0.05, 0.1) is 11.7 Å². The van der Waals surface area contributed by atoms with Crippen LogP contribution in [0.1, 0.15) is 13.3 Å². The summed E-state index contributed by atoms with van der Waals surface area (Å²) in [6.45, 7) is 2.06. The second kappa shape index (κ2) is 5.43. The van der Waals surface area contributed by atoms with E-state index >= 15 is 0 Å². The minimum atomic E-state index is 0.0741. The van der Waals surface area contributed by atoms with Crippen molar-refractivity contribution < 1.29 is 0 Å². The molecule has 0 radical (unpaired) electrons. The Kier molecular flexibility index (Phi) is 4.50. The fraction of sp³-hybridized carbons (Fsp3) is 0.273. The summed E-state index contributed by atoms with van der Waals surface area (Å²) < 4.78 is 2.03. The van der Waals surface area contributed by atoms with Crippen molar-refractivity contribution >= 4 is 37.5 Å². The van der Waals surface area contributed by atoms with Gasteiger partial charge in [-0.15, -0.1) is 6.42 Å². The quantitative estimate of drug-likeness (QED) is 0.830. The normalized spacial score (nSPS) is 11.9. The maximum absolute atomic E-state index is 5.39. The molecule has 1 atom stereocenters. The molecule has 0 saturated heterocycles. The molecule has 0 saturated carbocycles. The summed E-state index contributed by atoms with van der Waals surface area (Å²) in [7, 11) is 0. The zero-order valence-corrected chi connectivity index (χ0v) is 11.0. The van der Waals surface area contributed by atoms with Gasteiger partial charge >= 0.3 is 0 Å². The predicted octanol–water partition coefficient (Wildman–Crippen LogP) is 4.04. The van der Waals surface area contributed by atoms with Crippen molar-refractivity contribution in [1.82, 2.24) is 0 Å². The number of halogens is 2. The number of hydrogen-bond acceptors (Lipinski definition) is 1. The minimum Gasteiger partial charge on any atom is -0.370 e. The summed E-state index contributed by atoms with van der Waals surface area (Å²) >= 11 is 6.95. The first-order chi connectivity index (χ1) is 6.69. The number of hydrogen-bond donors (Lipinski definition) is 1. The first-order valence-corrected chi connectivity index (χ1v) is 5.94. The van der Waals surface area contributed by atoms with Gasteiger partial charge < -0.3 is 5.32 Å². The molecule has 0 aliphatic carbocycles. The molecular weight excluding hydrogens is 306 g/mol. The van der Waals surface area contributed by atoms with Crippen LogP contribution in [0.15, 0.2) is 27.1 Å². The van der Waals surface area contributed by atoms with Crippen molar-refractivity contribution in [2.75, 3.05) is 5.32 Å². The van der Waals surface area contributed by atoms with Gasteiger partial charge in [0.25, 0.3) is 0 Å². The average Bonchev–Trinajstić information content (AvgIpc) is 2.18. The predicted molar refractivity (Wildman–Crippen MR) is 68.4 cm³/mol. The molecule has 0 spiro atoms. The molecule has 1 nitrogen and oxygen atoms in total. The van der Waals surface area contributed by atoms with E-state index in [1.165, 1.54) is 0 Å². The number of benzene rings is 1. The molecule has 0 bridgehead atoms. The van der Waals surface area contributed by atoms with Crippen molar-refractivity contribution in [3.8, 4) is 12.3 Å². The maximum Gasteiger partial charge on any atom is 0.0872 e. The standard InChI is InChI=1S/C11H11Br2N/c1-3-8(4-2)14-11-9(12)6-5-7-10(11)13/h1,5-8,14H,4H2,2H3. The van der Waals surface area contributed by atoms with E-state index in [0.717, 1.165) is 21.1 Å². The molecule has 74 valence electrons. The molecule has 14 heavy (non-hydrogen) atoms. The van der Waals surface area contributed by atoms with Crippen molar-refractivity contribution in [2.24, 2.45) is 0 Å². The van der Waals surface area contributed by atoms with E-state index in [4.69, 9.17) is 6.42 Å². The lowest BCUT2D eigenvalue weighted by Crippen LogP contribution is -2.16. The average molecular weight is 317 g/mol. The van der Waals surface area contributed by atoms with Crippen molar-refractivity contribution in [3.05, 3.63) is 27.1 Å². The molecular formula is C11H11Br2N. The Hall–Kier alpha value is -0.460. The molecule has 0 aromatic heterocycles. The van der Waals surface area contributed by atoms with E-state index in [1.54, 1.807) is 0 Å². The van der Waals surface area contributed by atoms with Gasteiger partial charge in [-0.1, -0.05) is 18.9 Å². The number of terminal acetylenes is 1. The maximum atomic E-state index is 5.39. The number of para-hydroxylation sites is 1. The van der Waals surface area contributed by atoms with Gasteiger partial charge in [0, 0.05) is 8.95 Å². The molecule has 3 heteroatoms. The van der Waals surface area contributed by atoms with Crippen LogP contribution in [-0.2, 0) is 0 Å². The van der Waals surface area contributed by atoms with Crippen LogP contribution in [0.5, 0.6) is 0 Å². The van der Waals surface area contributed by atoms with Gasteiger partial charge in [-0.3, -0.25) is 0 Å². The van der Waals surface area contributed by atoms with E-state index in [0.29, 0.717) is 0 Å². The smallest absolute Gasteiger partial charge is 0.0872 e. The van der Waals surface area contributed by atoms with Crippen LogP contribution >= 0.6 is 31.9 Å². The molecule has 0 amide bonds. The third-order valence-electron chi connectivity index (χ3n) is 1.89. The first kappa shape index (κ1) is 11.6. The van der Waals surface area contributed by atoms with Crippen LogP contribution in [0, 0.1) is 12.3 Å². The third-order valence-corrected chi connectivity index (χ3v) is 3.21. The summed E-state index contributed by atoms with van der Waals surface area (Å²) in [6, 6.07) is 6.01. The largest absolute Gasteiger partial charge is 0.370 e. The zero-order chi connectivity index (χ0) is 10.6. The molecule has 1 unspecified atom stereocenters. The Bertz CT molecular complexity index is 335. The van der Waals surface area contributed by atoms with Crippen LogP contribution in [0.2, 0.25) is 0 Å². The van der Waals surface area contributed by atoms with Crippen molar-refractivity contribution in [1.29, 1.82) is 0 Å². The Morgan fingerprint density at radius 1 is 1.43 bits per heavy atom.